The summed E-state index contributed by atoms with van der Waals surface area (Å²) in [6.07, 6.45) is 1.11. The highest BCUT2D eigenvalue weighted by Crippen LogP contribution is 2.32. The van der Waals surface area contributed by atoms with E-state index >= 15 is 0 Å². The van der Waals surface area contributed by atoms with Crippen LogP contribution in [-0.4, -0.2) is 54.8 Å². The molecule has 182 valence electrons. The summed E-state index contributed by atoms with van der Waals surface area (Å²) in [4.78, 5) is 12.1. The van der Waals surface area contributed by atoms with E-state index in [1.54, 1.807) is 31.4 Å². The number of carbonyl (C=O) groups is 1. The Morgan fingerprint density at radius 1 is 1.03 bits per heavy atom. The highest BCUT2D eigenvalue weighted by atomic mass is 79.9. The Morgan fingerprint density at radius 2 is 1.76 bits per heavy atom. The SMILES string of the molecule is CCOc1ccc(NS(=O)(=O)c2cc(NC(=O)CCNCCCOC)ccc2OC)cc1Br. The van der Waals surface area contributed by atoms with Gasteiger partial charge >= 0.3 is 0 Å². The van der Waals surface area contributed by atoms with Crippen LogP contribution in [0.4, 0.5) is 11.4 Å². The van der Waals surface area contributed by atoms with Gasteiger partial charge < -0.3 is 24.8 Å². The molecule has 0 aliphatic rings. The number of rotatable bonds is 14. The first-order chi connectivity index (χ1) is 15.8. The van der Waals surface area contributed by atoms with Gasteiger partial charge in [-0.25, -0.2) is 8.42 Å². The monoisotopic (exact) mass is 543 g/mol. The molecule has 9 nitrogen and oxygen atoms in total. The fraction of sp³-hybridized carbons (Fsp3) is 0.409. The lowest BCUT2D eigenvalue weighted by Crippen LogP contribution is -2.23. The third kappa shape index (κ3) is 8.50. The van der Waals surface area contributed by atoms with Crippen LogP contribution >= 0.6 is 15.9 Å². The van der Waals surface area contributed by atoms with Crippen molar-refractivity contribution in [3.63, 3.8) is 0 Å². The zero-order valence-electron chi connectivity index (χ0n) is 18.9. The molecule has 2 aromatic rings. The first-order valence-electron chi connectivity index (χ1n) is 10.4. The van der Waals surface area contributed by atoms with E-state index in [0.717, 1.165) is 13.0 Å². The maximum absolute atomic E-state index is 13.1. The van der Waals surface area contributed by atoms with E-state index in [1.807, 2.05) is 6.92 Å². The zero-order valence-corrected chi connectivity index (χ0v) is 21.3. The van der Waals surface area contributed by atoms with E-state index in [0.29, 0.717) is 41.4 Å². The summed E-state index contributed by atoms with van der Waals surface area (Å²) >= 11 is 3.37. The molecule has 33 heavy (non-hydrogen) atoms. The Kier molecular flexibility index (Phi) is 10.9. The summed E-state index contributed by atoms with van der Waals surface area (Å²) < 4.78 is 44.9. The molecule has 0 saturated heterocycles. The number of amides is 1. The van der Waals surface area contributed by atoms with Gasteiger partial charge in [0, 0.05) is 32.4 Å². The number of sulfonamides is 1. The van der Waals surface area contributed by atoms with E-state index in [9.17, 15) is 13.2 Å². The molecule has 0 bridgehead atoms. The van der Waals surface area contributed by atoms with Gasteiger partial charge in [-0.05, 0) is 72.2 Å². The van der Waals surface area contributed by atoms with Crippen molar-refractivity contribution in [3.8, 4) is 11.5 Å². The summed E-state index contributed by atoms with van der Waals surface area (Å²) in [6, 6.07) is 9.35. The molecule has 0 atom stereocenters. The smallest absolute Gasteiger partial charge is 0.265 e. The molecule has 0 aliphatic carbocycles. The van der Waals surface area contributed by atoms with Gasteiger partial charge in [-0.3, -0.25) is 9.52 Å². The number of benzene rings is 2. The van der Waals surface area contributed by atoms with Crippen molar-refractivity contribution in [1.82, 2.24) is 5.32 Å². The van der Waals surface area contributed by atoms with Gasteiger partial charge in [-0.1, -0.05) is 0 Å². The van der Waals surface area contributed by atoms with Crippen molar-refractivity contribution in [1.29, 1.82) is 0 Å². The maximum atomic E-state index is 13.1. The van der Waals surface area contributed by atoms with Crippen molar-refractivity contribution in [2.45, 2.75) is 24.7 Å². The topological polar surface area (TPSA) is 115 Å². The lowest BCUT2D eigenvalue weighted by molar-refractivity contribution is -0.116. The minimum atomic E-state index is -4.00. The van der Waals surface area contributed by atoms with Gasteiger partial charge in [-0.2, -0.15) is 0 Å². The highest BCUT2D eigenvalue weighted by Gasteiger charge is 2.21. The number of ether oxygens (including phenoxy) is 3. The number of nitrogens with one attached hydrogen (secondary N) is 3. The van der Waals surface area contributed by atoms with Crippen LogP contribution in [-0.2, 0) is 19.6 Å². The normalized spacial score (nSPS) is 11.2. The molecule has 11 heteroatoms. The molecular formula is C22H30BrN3O6S. The number of halogens is 1. The van der Waals surface area contributed by atoms with Crippen LogP contribution in [0.3, 0.4) is 0 Å². The average molecular weight is 544 g/mol. The van der Waals surface area contributed by atoms with Gasteiger partial charge in [0.25, 0.3) is 10.0 Å². The second kappa shape index (κ2) is 13.4. The fourth-order valence-corrected chi connectivity index (χ4v) is 4.64. The van der Waals surface area contributed by atoms with Gasteiger partial charge in [0.05, 0.1) is 23.9 Å². The van der Waals surface area contributed by atoms with Gasteiger partial charge in [0.15, 0.2) is 0 Å². The third-order valence-corrected chi connectivity index (χ3v) is 6.47. The predicted molar refractivity (Wildman–Crippen MR) is 132 cm³/mol. The molecule has 0 spiro atoms. The Bertz CT molecular complexity index is 1030. The summed E-state index contributed by atoms with van der Waals surface area (Å²) in [7, 11) is -0.972. The lowest BCUT2D eigenvalue weighted by Gasteiger charge is -2.14. The van der Waals surface area contributed by atoms with Crippen molar-refractivity contribution in [3.05, 3.63) is 40.9 Å². The highest BCUT2D eigenvalue weighted by molar-refractivity contribution is 9.10. The zero-order chi connectivity index (χ0) is 24.3. The number of methoxy groups -OCH3 is 2. The van der Waals surface area contributed by atoms with Gasteiger partial charge in [0.1, 0.15) is 16.4 Å². The molecule has 3 N–H and O–H groups in total. The maximum Gasteiger partial charge on any atom is 0.265 e. The number of hydrogen-bond donors (Lipinski definition) is 3. The van der Waals surface area contributed by atoms with Crippen LogP contribution in [0.25, 0.3) is 0 Å². The minimum Gasteiger partial charge on any atom is -0.495 e. The average Bonchev–Trinajstić information content (AvgIpc) is 2.78. The molecule has 0 saturated carbocycles. The molecule has 0 unspecified atom stereocenters. The molecule has 2 rings (SSSR count). The largest absolute Gasteiger partial charge is 0.495 e. The van der Waals surface area contributed by atoms with E-state index in [-0.39, 0.29) is 23.0 Å². The van der Waals surface area contributed by atoms with Crippen LogP contribution in [0, 0.1) is 0 Å². The molecule has 0 aliphatic heterocycles. The van der Waals surface area contributed by atoms with E-state index in [2.05, 4.69) is 31.3 Å². The van der Waals surface area contributed by atoms with Crippen LogP contribution < -0.4 is 24.8 Å². The Hall–Kier alpha value is -2.34. The van der Waals surface area contributed by atoms with E-state index in [1.165, 1.54) is 19.2 Å². The number of carbonyl (C=O) groups excluding carboxylic acids is 1. The molecule has 0 aromatic heterocycles. The van der Waals surface area contributed by atoms with Crippen molar-refractivity contribution in [2.75, 3.05) is 50.6 Å². The second-order valence-electron chi connectivity index (χ2n) is 6.94. The van der Waals surface area contributed by atoms with Crippen LogP contribution in [0.1, 0.15) is 19.8 Å². The summed E-state index contributed by atoms with van der Waals surface area (Å²) in [5, 5.41) is 5.88. The summed E-state index contributed by atoms with van der Waals surface area (Å²) in [5.41, 5.74) is 0.704. The number of anilines is 2. The summed E-state index contributed by atoms with van der Waals surface area (Å²) in [5.74, 6) is 0.535. The second-order valence-corrected chi connectivity index (χ2v) is 9.45. The van der Waals surface area contributed by atoms with Crippen LogP contribution in [0.2, 0.25) is 0 Å². The quantitative estimate of drug-likeness (QED) is 0.311. The van der Waals surface area contributed by atoms with Crippen molar-refractivity contribution in [2.24, 2.45) is 0 Å². The first-order valence-corrected chi connectivity index (χ1v) is 12.7. The third-order valence-electron chi connectivity index (χ3n) is 4.45. The predicted octanol–water partition coefficient (Wildman–Crippen LogP) is 3.61. The molecule has 1 amide bonds. The van der Waals surface area contributed by atoms with Gasteiger partial charge in [-0.15, -0.1) is 0 Å². The van der Waals surface area contributed by atoms with E-state index in [4.69, 9.17) is 14.2 Å². The Balaban J connectivity index is 2.09. The van der Waals surface area contributed by atoms with Crippen molar-refractivity contribution >= 4 is 43.2 Å². The Morgan fingerprint density at radius 3 is 2.42 bits per heavy atom. The molecular weight excluding hydrogens is 514 g/mol. The Labute approximate surface area is 203 Å². The van der Waals surface area contributed by atoms with Crippen LogP contribution in [0.5, 0.6) is 11.5 Å². The lowest BCUT2D eigenvalue weighted by atomic mass is 10.3. The fourth-order valence-electron chi connectivity index (χ4n) is 2.90. The minimum absolute atomic E-state index is 0.0921. The number of hydrogen-bond acceptors (Lipinski definition) is 7. The van der Waals surface area contributed by atoms with Crippen LogP contribution in [0.15, 0.2) is 45.8 Å². The molecule has 0 radical (unpaired) electrons. The standard InChI is InChI=1S/C22H30BrN3O6S/c1-4-32-19-8-7-17(14-18(19)23)26-33(28,29)21-15-16(6-9-20(21)31-3)25-22(27)10-12-24-11-5-13-30-2/h6-9,14-15,24,26H,4-5,10-13H2,1-3H3,(H,25,27). The molecule has 0 heterocycles. The summed E-state index contributed by atoms with van der Waals surface area (Å²) in [6.45, 7) is 4.26. The first kappa shape index (κ1) is 26.9. The van der Waals surface area contributed by atoms with Gasteiger partial charge in [0.2, 0.25) is 5.91 Å². The molecule has 0 fully saturated rings. The van der Waals surface area contributed by atoms with Crippen molar-refractivity contribution < 1.29 is 27.4 Å². The van der Waals surface area contributed by atoms with E-state index < -0.39 is 10.0 Å². The molecule has 2 aromatic carbocycles.